The van der Waals surface area contributed by atoms with Crippen molar-refractivity contribution in [1.29, 1.82) is 0 Å². The highest BCUT2D eigenvalue weighted by atomic mass is 32.1. The number of nitrogens with one attached hydrogen (secondary N) is 1. The minimum atomic E-state index is -0.116. The summed E-state index contributed by atoms with van der Waals surface area (Å²) in [7, 11) is 0. The van der Waals surface area contributed by atoms with Gasteiger partial charge in [0.15, 0.2) is 0 Å². The summed E-state index contributed by atoms with van der Waals surface area (Å²) in [6.07, 6.45) is 4.67. The molecule has 1 rings (SSSR count). The third kappa shape index (κ3) is 4.00. The van der Waals surface area contributed by atoms with E-state index in [0.717, 1.165) is 37.1 Å². The summed E-state index contributed by atoms with van der Waals surface area (Å²) < 4.78 is 0. The highest BCUT2D eigenvalue weighted by Gasteiger charge is 2.22. The van der Waals surface area contributed by atoms with Crippen molar-refractivity contribution in [1.82, 2.24) is 5.32 Å². The Labute approximate surface area is 104 Å². The number of thiocarbonyl (C=S) groups is 1. The molecule has 2 atom stereocenters. The summed E-state index contributed by atoms with van der Waals surface area (Å²) in [4.78, 5) is 0.788. The van der Waals surface area contributed by atoms with Gasteiger partial charge < -0.3 is 16.2 Å². The number of rotatable bonds is 4. The third-order valence-electron chi connectivity index (χ3n) is 3.60. The monoisotopic (exact) mass is 244 g/mol. The van der Waals surface area contributed by atoms with Gasteiger partial charge in [-0.3, -0.25) is 0 Å². The second kappa shape index (κ2) is 6.52. The normalized spacial score (nSPS) is 29.5. The fourth-order valence-corrected chi connectivity index (χ4v) is 2.43. The van der Waals surface area contributed by atoms with Crippen molar-refractivity contribution in [2.45, 2.75) is 64.1 Å². The Bertz CT molecular complexity index is 227. The van der Waals surface area contributed by atoms with Crippen molar-refractivity contribution in [3.63, 3.8) is 0 Å². The molecule has 0 radical (unpaired) electrons. The van der Waals surface area contributed by atoms with Gasteiger partial charge in [-0.1, -0.05) is 32.5 Å². The largest absolute Gasteiger partial charge is 0.393 e. The van der Waals surface area contributed by atoms with Crippen LogP contribution >= 0.6 is 12.2 Å². The number of aliphatic hydroxyl groups is 1. The topological polar surface area (TPSA) is 58.3 Å². The van der Waals surface area contributed by atoms with Crippen LogP contribution in [0.3, 0.4) is 0 Å². The summed E-state index contributed by atoms with van der Waals surface area (Å²) in [6, 6.07) is 0.373. The average Bonchev–Trinajstić information content (AvgIpc) is 2.30. The van der Waals surface area contributed by atoms with E-state index in [1.54, 1.807) is 0 Å². The van der Waals surface area contributed by atoms with Gasteiger partial charge in [0, 0.05) is 6.04 Å². The highest BCUT2D eigenvalue weighted by Crippen LogP contribution is 2.19. The van der Waals surface area contributed by atoms with Crippen molar-refractivity contribution in [2.75, 3.05) is 0 Å². The maximum Gasteiger partial charge on any atom is 0.0928 e. The van der Waals surface area contributed by atoms with E-state index in [-0.39, 0.29) is 12.1 Å². The summed E-state index contributed by atoms with van der Waals surface area (Å²) in [5.74, 6) is 0.425. The Morgan fingerprint density at radius 1 is 1.44 bits per heavy atom. The summed E-state index contributed by atoms with van der Waals surface area (Å²) >= 11 is 5.33. The molecule has 1 saturated carbocycles. The van der Waals surface area contributed by atoms with Gasteiger partial charge in [-0.25, -0.2) is 0 Å². The molecule has 0 aromatic rings. The first-order valence-electron chi connectivity index (χ1n) is 6.28. The molecule has 0 aromatic carbocycles. The number of hydrogen-bond donors (Lipinski definition) is 3. The van der Waals surface area contributed by atoms with Gasteiger partial charge in [-0.05, 0) is 31.6 Å². The van der Waals surface area contributed by atoms with Crippen molar-refractivity contribution >= 4 is 17.2 Å². The van der Waals surface area contributed by atoms with Gasteiger partial charge in [-0.15, -0.1) is 0 Å². The van der Waals surface area contributed by atoms with E-state index >= 15 is 0 Å². The lowest BCUT2D eigenvalue weighted by molar-refractivity contribution is 0.120. The fraction of sp³-hybridized carbons (Fsp3) is 0.917. The summed E-state index contributed by atoms with van der Waals surface area (Å²) in [5.41, 5.74) is 6.06. The quantitative estimate of drug-likeness (QED) is 0.657. The third-order valence-corrected chi connectivity index (χ3v) is 3.99. The number of aliphatic hydroxyl groups excluding tert-OH is 1. The molecule has 1 fully saturated rings. The van der Waals surface area contributed by atoms with E-state index in [0.29, 0.717) is 12.0 Å². The molecule has 0 spiro atoms. The lowest BCUT2D eigenvalue weighted by atomic mass is 9.92. The van der Waals surface area contributed by atoms with Crippen LogP contribution in [0.1, 0.15) is 46.0 Å². The summed E-state index contributed by atoms with van der Waals surface area (Å²) in [6.45, 7) is 4.26. The van der Waals surface area contributed by atoms with E-state index in [1.807, 2.05) is 0 Å². The number of nitrogens with two attached hydrogens (primary N) is 1. The Morgan fingerprint density at radius 3 is 2.50 bits per heavy atom. The van der Waals surface area contributed by atoms with Crippen LogP contribution in [0.2, 0.25) is 0 Å². The smallest absolute Gasteiger partial charge is 0.0928 e. The van der Waals surface area contributed by atoms with Crippen LogP contribution < -0.4 is 11.1 Å². The van der Waals surface area contributed by atoms with Crippen LogP contribution in [0.4, 0.5) is 0 Å². The van der Waals surface area contributed by atoms with Crippen molar-refractivity contribution in [3.8, 4) is 0 Å². The molecule has 1 aliphatic rings. The Kier molecular flexibility index (Phi) is 5.66. The van der Waals surface area contributed by atoms with E-state index in [1.165, 1.54) is 0 Å². The molecule has 0 bridgehead atoms. The Hall–Kier alpha value is -0.190. The standard InChI is InChI=1S/C12H24N2OS/c1-3-8(2)11(13)12(16)14-9-4-6-10(15)7-5-9/h8-11,15H,3-7,13H2,1-2H3,(H,14,16). The minimum Gasteiger partial charge on any atom is -0.393 e. The predicted octanol–water partition coefficient (Wildman–Crippen LogP) is 1.58. The second-order valence-electron chi connectivity index (χ2n) is 4.93. The van der Waals surface area contributed by atoms with E-state index in [9.17, 15) is 5.11 Å². The zero-order valence-electron chi connectivity index (χ0n) is 10.3. The molecule has 4 N–H and O–H groups in total. The minimum absolute atomic E-state index is 0.0353. The zero-order chi connectivity index (χ0) is 12.1. The molecule has 0 saturated heterocycles. The first kappa shape index (κ1) is 13.9. The molecular formula is C12H24N2OS. The van der Waals surface area contributed by atoms with Crippen LogP contribution in [0.15, 0.2) is 0 Å². The first-order valence-corrected chi connectivity index (χ1v) is 6.69. The number of hydrogen-bond acceptors (Lipinski definition) is 3. The van der Waals surface area contributed by atoms with Crippen LogP contribution in [-0.4, -0.2) is 28.3 Å². The Balaban J connectivity index is 2.33. The molecule has 0 heterocycles. The maximum atomic E-state index is 9.41. The van der Waals surface area contributed by atoms with Gasteiger partial charge in [0.1, 0.15) is 0 Å². The van der Waals surface area contributed by atoms with Crippen LogP contribution in [0.5, 0.6) is 0 Å². The van der Waals surface area contributed by atoms with Crippen LogP contribution in [0, 0.1) is 5.92 Å². The molecule has 2 unspecified atom stereocenters. The zero-order valence-corrected chi connectivity index (χ0v) is 11.1. The van der Waals surface area contributed by atoms with E-state index in [4.69, 9.17) is 18.0 Å². The molecule has 0 aliphatic heterocycles. The predicted molar refractivity (Wildman–Crippen MR) is 71.4 cm³/mol. The van der Waals surface area contributed by atoms with Crippen molar-refractivity contribution in [2.24, 2.45) is 11.7 Å². The highest BCUT2D eigenvalue weighted by molar-refractivity contribution is 7.80. The van der Waals surface area contributed by atoms with Crippen LogP contribution in [-0.2, 0) is 0 Å². The second-order valence-corrected chi connectivity index (χ2v) is 5.37. The van der Waals surface area contributed by atoms with Crippen LogP contribution in [0.25, 0.3) is 0 Å². The van der Waals surface area contributed by atoms with Gasteiger partial charge in [0.25, 0.3) is 0 Å². The average molecular weight is 244 g/mol. The molecule has 0 aromatic heterocycles. The SMILES string of the molecule is CCC(C)C(N)C(=S)NC1CCC(O)CC1. The Morgan fingerprint density at radius 2 is 2.00 bits per heavy atom. The van der Waals surface area contributed by atoms with Crippen molar-refractivity contribution in [3.05, 3.63) is 0 Å². The molecular weight excluding hydrogens is 220 g/mol. The van der Waals surface area contributed by atoms with Gasteiger partial charge in [0.2, 0.25) is 0 Å². The van der Waals surface area contributed by atoms with E-state index < -0.39 is 0 Å². The van der Waals surface area contributed by atoms with E-state index in [2.05, 4.69) is 19.2 Å². The van der Waals surface area contributed by atoms with Gasteiger partial charge >= 0.3 is 0 Å². The molecule has 4 heteroatoms. The lowest BCUT2D eigenvalue weighted by Gasteiger charge is -2.29. The maximum absolute atomic E-state index is 9.41. The molecule has 94 valence electrons. The molecule has 0 amide bonds. The van der Waals surface area contributed by atoms with Gasteiger partial charge in [0.05, 0.1) is 17.1 Å². The molecule has 1 aliphatic carbocycles. The summed E-state index contributed by atoms with van der Waals surface area (Å²) in [5, 5.41) is 12.8. The molecule has 3 nitrogen and oxygen atoms in total. The molecule has 16 heavy (non-hydrogen) atoms. The van der Waals surface area contributed by atoms with Crippen molar-refractivity contribution < 1.29 is 5.11 Å². The van der Waals surface area contributed by atoms with Gasteiger partial charge in [-0.2, -0.15) is 0 Å². The first-order chi connectivity index (χ1) is 7.54. The fourth-order valence-electron chi connectivity index (χ4n) is 2.03. The lowest BCUT2D eigenvalue weighted by Crippen LogP contribution is -2.48.